The van der Waals surface area contributed by atoms with Crippen molar-refractivity contribution in [3.63, 3.8) is 0 Å². The van der Waals surface area contributed by atoms with Gasteiger partial charge in [0.2, 0.25) is 0 Å². The molecule has 1 N–H and O–H groups in total. The molecule has 1 aromatic heterocycles. The second kappa shape index (κ2) is 8.17. The highest BCUT2D eigenvalue weighted by Gasteiger charge is 2.11. The fraction of sp³-hybridized carbons (Fsp3) is 0.400. The summed E-state index contributed by atoms with van der Waals surface area (Å²) in [6, 6.07) is 5.81. The van der Waals surface area contributed by atoms with E-state index in [1.54, 1.807) is 20.4 Å². The molecular weight excluding hydrogens is 336 g/mol. The van der Waals surface area contributed by atoms with Crippen LogP contribution in [0.4, 0.5) is 0 Å². The molecule has 5 nitrogen and oxygen atoms in total. The van der Waals surface area contributed by atoms with E-state index in [-0.39, 0.29) is 0 Å². The van der Waals surface area contributed by atoms with Crippen molar-refractivity contribution in [2.75, 3.05) is 33.9 Å². The maximum Gasteiger partial charge on any atom is 0.196 e. The Morgan fingerprint density at radius 2 is 2.14 bits per heavy atom. The molecule has 0 saturated heterocycles. The molecule has 0 amide bonds. The largest absolute Gasteiger partial charge is 0.496 e. The van der Waals surface area contributed by atoms with E-state index >= 15 is 0 Å². The number of benzene rings is 1. The van der Waals surface area contributed by atoms with Crippen LogP contribution in [0, 0.1) is 0 Å². The normalized spacial score (nSPS) is 10.8. The van der Waals surface area contributed by atoms with Gasteiger partial charge in [0.25, 0.3) is 0 Å². The predicted molar refractivity (Wildman–Crippen MR) is 84.6 cm³/mol. The molecule has 1 heterocycles. The Morgan fingerprint density at radius 3 is 2.90 bits per heavy atom. The zero-order chi connectivity index (χ0) is 15.1. The SMILES string of the molecule is COCCNCCc1ncc(-c2ccc(Br)cc2OC)o1. The van der Waals surface area contributed by atoms with Gasteiger partial charge < -0.3 is 19.2 Å². The molecule has 2 aromatic rings. The van der Waals surface area contributed by atoms with E-state index in [4.69, 9.17) is 13.9 Å². The van der Waals surface area contributed by atoms with Crippen LogP contribution >= 0.6 is 15.9 Å². The lowest BCUT2D eigenvalue weighted by atomic mass is 10.1. The summed E-state index contributed by atoms with van der Waals surface area (Å²) < 4.78 is 17.1. The van der Waals surface area contributed by atoms with Crippen molar-refractivity contribution >= 4 is 15.9 Å². The lowest BCUT2D eigenvalue weighted by molar-refractivity contribution is 0.199. The van der Waals surface area contributed by atoms with E-state index in [1.165, 1.54) is 0 Å². The van der Waals surface area contributed by atoms with Gasteiger partial charge in [-0.1, -0.05) is 15.9 Å². The average molecular weight is 355 g/mol. The van der Waals surface area contributed by atoms with Crippen LogP contribution in [0.3, 0.4) is 0 Å². The number of halogens is 1. The van der Waals surface area contributed by atoms with E-state index in [1.807, 2.05) is 18.2 Å². The number of rotatable bonds is 8. The lowest BCUT2D eigenvalue weighted by Crippen LogP contribution is -2.21. The third-order valence-electron chi connectivity index (χ3n) is 2.98. The minimum absolute atomic E-state index is 0.701. The van der Waals surface area contributed by atoms with Crippen molar-refractivity contribution < 1.29 is 13.9 Å². The first-order valence-electron chi connectivity index (χ1n) is 6.73. The number of nitrogens with zero attached hydrogens (tertiary/aromatic N) is 1. The third kappa shape index (κ3) is 4.56. The highest BCUT2D eigenvalue weighted by Crippen LogP contribution is 2.32. The standard InChI is InChI=1S/C15H19BrN2O3/c1-19-8-7-17-6-5-15-18-10-14(21-15)12-4-3-11(16)9-13(12)20-2/h3-4,9-10,17H,5-8H2,1-2H3. The molecule has 0 aliphatic carbocycles. The van der Waals surface area contributed by atoms with Crippen molar-refractivity contribution in [3.8, 4) is 17.1 Å². The highest BCUT2D eigenvalue weighted by atomic mass is 79.9. The molecule has 0 atom stereocenters. The van der Waals surface area contributed by atoms with E-state index < -0.39 is 0 Å². The van der Waals surface area contributed by atoms with E-state index in [0.717, 1.165) is 35.3 Å². The first kappa shape index (κ1) is 16.0. The molecule has 1 aromatic carbocycles. The van der Waals surface area contributed by atoms with Crippen molar-refractivity contribution in [2.45, 2.75) is 6.42 Å². The third-order valence-corrected chi connectivity index (χ3v) is 3.47. The summed E-state index contributed by atoms with van der Waals surface area (Å²) in [6.07, 6.45) is 2.47. The van der Waals surface area contributed by atoms with E-state index in [2.05, 4.69) is 26.2 Å². The molecule has 0 aliphatic rings. The highest BCUT2D eigenvalue weighted by molar-refractivity contribution is 9.10. The summed E-state index contributed by atoms with van der Waals surface area (Å²) in [6.45, 7) is 2.33. The Balaban J connectivity index is 1.99. The monoisotopic (exact) mass is 354 g/mol. The number of methoxy groups -OCH3 is 2. The van der Waals surface area contributed by atoms with Gasteiger partial charge in [-0.25, -0.2) is 4.98 Å². The fourth-order valence-corrected chi connectivity index (χ4v) is 2.25. The van der Waals surface area contributed by atoms with Crippen LogP contribution in [0.25, 0.3) is 11.3 Å². The Morgan fingerprint density at radius 1 is 1.29 bits per heavy atom. The Labute approximate surface area is 132 Å². The smallest absolute Gasteiger partial charge is 0.196 e. The van der Waals surface area contributed by atoms with Crippen molar-refractivity contribution in [1.29, 1.82) is 0 Å². The summed E-state index contributed by atoms with van der Waals surface area (Å²) in [5, 5.41) is 3.26. The number of aromatic nitrogens is 1. The maximum absolute atomic E-state index is 5.78. The van der Waals surface area contributed by atoms with Crippen LogP contribution in [0.5, 0.6) is 5.75 Å². The predicted octanol–water partition coefficient (Wildman–Crippen LogP) is 2.89. The molecule has 6 heteroatoms. The van der Waals surface area contributed by atoms with Gasteiger partial charge in [-0.05, 0) is 18.2 Å². The summed E-state index contributed by atoms with van der Waals surface area (Å²) in [5.74, 6) is 2.18. The summed E-state index contributed by atoms with van der Waals surface area (Å²) >= 11 is 3.42. The topological polar surface area (TPSA) is 56.5 Å². The summed E-state index contributed by atoms with van der Waals surface area (Å²) in [4.78, 5) is 4.30. The average Bonchev–Trinajstić information content (AvgIpc) is 2.95. The van der Waals surface area contributed by atoms with Crippen LogP contribution in [0.15, 0.2) is 33.3 Å². The first-order valence-corrected chi connectivity index (χ1v) is 7.52. The molecule has 0 aliphatic heterocycles. The second-order valence-electron chi connectivity index (χ2n) is 4.46. The zero-order valence-corrected chi connectivity index (χ0v) is 13.8. The van der Waals surface area contributed by atoms with Gasteiger partial charge in [-0.2, -0.15) is 0 Å². The van der Waals surface area contributed by atoms with Crippen LogP contribution in [-0.2, 0) is 11.2 Å². The minimum atomic E-state index is 0.701. The van der Waals surface area contributed by atoms with Crippen LogP contribution in [0.2, 0.25) is 0 Å². The van der Waals surface area contributed by atoms with Gasteiger partial charge in [-0.3, -0.25) is 0 Å². The van der Waals surface area contributed by atoms with Gasteiger partial charge in [0.05, 0.1) is 25.5 Å². The number of nitrogens with one attached hydrogen (secondary N) is 1. The maximum atomic E-state index is 5.78. The molecule has 21 heavy (non-hydrogen) atoms. The van der Waals surface area contributed by atoms with Crippen molar-refractivity contribution in [3.05, 3.63) is 34.8 Å². The zero-order valence-electron chi connectivity index (χ0n) is 12.2. The summed E-state index contributed by atoms with van der Waals surface area (Å²) in [7, 11) is 3.33. The number of oxazole rings is 1. The van der Waals surface area contributed by atoms with Crippen LogP contribution < -0.4 is 10.1 Å². The number of hydrogen-bond donors (Lipinski definition) is 1. The molecule has 0 spiro atoms. The van der Waals surface area contributed by atoms with Gasteiger partial charge in [0.15, 0.2) is 11.7 Å². The lowest BCUT2D eigenvalue weighted by Gasteiger charge is -2.06. The first-order chi connectivity index (χ1) is 10.2. The number of hydrogen-bond acceptors (Lipinski definition) is 5. The Bertz CT molecular complexity index is 572. The molecule has 114 valence electrons. The van der Waals surface area contributed by atoms with Gasteiger partial charge in [-0.15, -0.1) is 0 Å². The van der Waals surface area contributed by atoms with Crippen LogP contribution in [0.1, 0.15) is 5.89 Å². The van der Waals surface area contributed by atoms with E-state index in [0.29, 0.717) is 18.3 Å². The van der Waals surface area contributed by atoms with Gasteiger partial charge >= 0.3 is 0 Å². The molecule has 0 bridgehead atoms. The molecule has 0 unspecified atom stereocenters. The minimum Gasteiger partial charge on any atom is -0.496 e. The van der Waals surface area contributed by atoms with Crippen molar-refractivity contribution in [2.24, 2.45) is 0 Å². The molecule has 2 rings (SSSR count). The second-order valence-corrected chi connectivity index (χ2v) is 5.37. The van der Waals surface area contributed by atoms with Gasteiger partial charge in [0, 0.05) is 31.1 Å². The molecule has 0 fully saturated rings. The fourth-order valence-electron chi connectivity index (χ4n) is 1.91. The molecular formula is C15H19BrN2O3. The Hall–Kier alpha value is -1.37. The van der Waals surface area contributed by atoms with E-state index in [9.17, 15) is 0 Å². The van der Waals surface area contributed by atoms with Crippen LogP contribution in [-0.4, -0.2) is 38.9 Å². The Kier molecular flexibility index (Phi) is 6.22. The van der Waals surface area contributed by atoms with Gasteiger partial charge in [0.1, 0.15) is 5.75 Å². The van der Waals surface area contributed by atoms with Crippen molar-refractivity contribution in [1.82, 2.24) is 10.3 Å². The molecule has 0 radical (unpaired) electrons. The summed E-state index contributed by atoms with van der Waals surface area (Å²) in [5.41, 5.74) is 0.895. The quantitative estimate of drug-likeness (QED) is 0.738. The number of ether oxygens (including phenoxy) is 2. The molecule has 0 saturated carbocycles.